The summed E-state index contributed by atoms with van der Waals surface area (Å²) in [5.74, 6) is 1.69. The van der Waals surface area contributed by atoms with Gasteiger partial charge >= 0.3 is 0 Å². The van der Waals surface area contributed by atoms with E-state index in [-0.39, 0.29) is 0 Å². The standard InChI is InChI=1S/C17H18N2O2S/c1-13-6-5-9-19-10-15(18-17(13)19)12-22(20)11-14-7-3-4-8-16(14)21-2/h3-10H,11-12H2,1-2H3. The fourth-order valence-corrected chi connectivity index (χ4v) is 3.64. The number of benzene rings is 1. The van der Waals surface area contributed by atoms with E-state index in [0.29, 0.717) is 11.5 Å². The minimum atomic E-state index is -1.02. The molecule has 0 aliphatic heterocycles. The highest BCUT2D eigenvalue weighted by molar-refractivity contribution is 7.83. The molecule has 1 atom stereocenters. The lowest BCUT2D eigenvalue weighted by Gasteiger charge is -2.07. The van der Waals surface area contributed by atoms with Crippen molar-refractivity contribution in [2.45, 2.75) is 18.4 Å². The van der Waals surface area contributed by atoms with Gasteiger partial charge in [-0.3, -0.25) is 4.21 Å². The van der Waals surface area contributed by atoms with Gasteiger partial charge in [0.25, 0.3) is 0 Å². The van der Waals surface area contributed by atoms with Crippen molar-refractivity contribution >= 4 is 16.4 Å². The monoisotopic (exact) mass is 314 g/mol. The molecule has 0 saturated carbocycles. The maximum absolute atomic E-state index is 12.4. The maximum atomic E-state index is 12.4. The Balaban J connectivity index is 1.77. The number of hydrogen-bond acceptors (Lipinski definition) is 3. The highest BCUT2D eigenvalue weighted by Crippen LogP contribution is 2.20. The molecule has 0 N–H and O–H groups in total. The van der Waals surface area contributed by atoms with Crippen LogP contribution in [-0.4, -0.2) is 20.7 Å². The maximum Gasteiger partial charge on any atom is 0.139 e. The quantitative estimate of drug-likeness (QED) is 0.727. The van der Waals surface area contributed by atoms with Gasteiger partial charge in [0.1, 0.15) is 11.4 Å². The van der Waals surface area contributed by atoms with Gasteiger partial charge in [0.2, 0.25) is 0 Å². The summed E-state index contributed by atoms with van der Waals surface area (Å²) < 4.78 is 19.7. The third-order valence-electron chi connectivity index (χ3n) is 3.55. The number of nitrogens with zero attached hydrogens (tertiary/aromatic N) is 2. The number of aryl methyl sites for hydroxylation is 1. The molecule has 4 nitrogen and oxygen atoms in total. The van der Waals surface area contributed by atoms with Crippen LogP contribution in [0.1, 0.15) is 16.8 Å². The molecule has 114 valence electrons. The van der Waals surface area contributed by atoms with Gasteiger partial charge in [0.05, 0.1) is 24.3 Å². The summed E-state index contributed by atoms with van der Waals surface area (Å²) in [7, 11) is 0.609. The summed E-state index contributed by atoms with van der Waals surface area (Å²) in [4.78, 5) is 4.58. The van der Waals surface area contributed by atoms with Crippen LogP contribution in [0, 0.1) is 6.92 Å². The van der Waals surface area contributed by atoms with Crippen molar-refractivity contribution in [1.82, 2.24) is 9.38 Å². The highest BCUT2D eigenvalue weighted by atomic mass is 32.2. The summed E-state index contributed by atoms with van der Waals surface area (Å²) in [6.07, 6.45) is 3.91. The molecule has 3 rings (SSSR count). The zero-order chi connectivity index (χ0) is 15.5. The molecule has 0 spiro atoms. The van der Waals surface area contributed by atoms with E-state index >= 15 is 0 Å². The van der Waals surface area contributed by atoms with E-state index in [1.807, 2.05) is 60.1 Å². The lowest BCUT2D eigenvalue weighted by molar-refractivity contribution is 0.411. The molecule has 5 heteroatoms. The smallest absolute Gasteiger partial charge is 0.139 e. The van der Waals surface area contributed by atoms with Gasteiger partial charge in [-0.05, 0) is 24.6 Å². The normalized spacial score (nSPS) is 12.5. The van der Waals surface area contributed by atoms with Crippen LogP contribution in [0.3, 0.4) is 0 Å². The first-order valence-electron chi connectivity index (χ1n) is 7.07. The molecule has 3 aromatic rings. The van der Waals surface area contributed by atoms with Crippen LogP contribution in [0.2, 0.25) is 0 Å². The molecule has 0 aliphatic carbocycles. The van der Waals surface area contributed by atoms with E-state index in [9.17, 15) is 4.21 Å². The van der Waals surface area contributed by atoms with Gasteiger partial charge in [-0.1, -0.05) is 24.3 Å². The Labute approximate surface area is 132 Å². The van der Waals surface area contributed by atoms with Gasteiger partial charge in [-0.25, -0.2) is 4.98 Å². The fourth-order valence-electron chi connectivity index (χ4n) is 2.49. The Kier molecular flexibility index (Phi) is 4.24. The summed E-state index contributed by atoms with van der Waals surface area (Å²) in [6.45, 7) is 2.03. The second kappa shape index (κ2) is 6.32. The number of imidazole rings is 1. The highest BCUT2D eigenvalue weighted by Gasteiger charge is 2.10. The minimum Gasteiger partial charge on any atom is -0.496 e. The fraction of sp³-hybridized carbons (Fsp3) is 0.235. The first-order chi connectivity index (χ1) is 10.7. The second-order valence-electron chi connectivity index (χ2n) is 5.19. The molecule has 0 radical (unpaired) electrons. The largest absolute Gasteiger partial charge is 0.496 e. The van der Waals surface area contributed by atoms with Crippen LogP contribution >= 0.6 is 0 Å². The van der Waals surface area contributed by atoms with Crippen LogP contribution in [0.25, 0.3) is 5.65 Å². The molecule has 0 fully saturated rings. The Hall–Kier alpha value is -2.14. The van der Waals surface area contributed by atoms with Crippen LogP contribution in [0.5, 0.6) is 5.75 Å². The average molecular weight is 314 g/mol. The van der Waals surface area contributed by atoms with Gasteiger partial charge in [0.15, 0.2) is 0 Å². The lowest BCUT2D eigenvalue weighted by Crippen LogP contribution is -2.01. The molecular weight excluding hydrogens is 296 g/mol. The summed E-state index contributed by atoms with van der Waals surface area (Å²) in [6, 6.07) is 11.7. The lowest BCUT2D eigenvalue weighted by atomic mass is 10.2. The van der Waals surface area contributed by atoms with Crippen LogP contribution in [-0.2, 0) is 22.3 Å². The average Bonchev–Trinajstić information content (AvgIpc) is 2.91. The van der Waals surface area contributed by atoms with Crippen molar-refractivity contribution in [3.63, 3.8) is 0 Å². The van der Waals surface area contributed by atoms with Crippen molar-refractivity contribution in [2.24, 2.45) is 0 Å². The number of pyridine rings is 1. The van der Waals surface area contributed by atoms with E-state index in [0.717, 1.165) is 28.2 Å². The van der Waals surface area contributed by atoms with Crippen LogP contribution in [0.4, 0.5) is 0 Å². The van der Waals surface area contributed by atoms with E-state index in [1.54, 1.807) is 7.11 Å². The van der Waals surface area contributed by atoms with Crippen molar-refractivity contribution in [3.05, 3.63) is 65.6 Å². The van der Waals surface area contributed by atoms with Crippen LogP contribution < -0.4 is 4.74 Å². The number of ether oxygens (including phenoxy) is 1. The third-order valence-corrected chi connectivity index (χ3v) is 4.80. The Morgan fingerprint density at radius 1 is 1.18 bits per heavy atom. The van der Waals surface area contributed by atoms with E-state index in [4.69, 9.17) is 4.74 Å². The molecule has 0 bridgehead atoms. The van der Waals surface area contributed by atoms with Gasteiger partial charge in [-0.15, -0.1) is 0 Å². The van der Waals surface area contributed by atoms with Gasteiger partial charge < -0.3 is 9.14 Å². The summed E-state index contributed by atoms with van der Waals surface area (Å²) in [5.41, 5.74) is 3.85. The minimum absolute atomic E-state index is 0.444. The molecule has 2 heterocycles. The number of methoxy groups -OCH3 is 1. The Bertz CT molecular complexity index is 826. The molecular formula is C17H18N2O2S. The molecule has 22 heavy (non-hydrogen) atoms. The topological polar surface area (TPSA) is 43.6 Å². The predicted molar refractivity (Wildman–Crippen MR) is 88.5 cm³/mol. The first-order valence-corrected chi connectivity index (χ1v) is 8.56. The number of rotatable bonds is 5. The van der Waals surface area contributed by atoms with Crippen molar-refractivity contribution in [2.75, 3.05) is 7.11 Å². The molecule has 0 aliphatic rings. The number of aromatic nitrogens is 2. The van der Waals surface area contributed by atoms with Gasteiger partial charge in [-0.2, -0.15) is 0 Å². The number of fused-ring (bicyclic) bond motifs is 1. The van der Waals surface area contributed by atoms with Crippen molar-refractivity contribution < 1.29 is 8.95 Å². The second-order valence-corrected chi connectivity index (χ2v) is 6.65. The third kappa shape index (κ3) is 3.04. The molecule has 1 aromatic carbocycles. The predicted octanol–water partition coefficient (Wildman–Crippen LogP) is 3.10. The number of para-hydroxylation sites is 1. The summed E-state index contributed by atoms with van der Waals surface area (Å²) >= 11 is 0. The van der Waals surface area contributed by atoms with Crippen molar-refractivity contribution in [1.29, 1.82) is 0 Å². The molecule has 0 amide bonds. The zero-order valence-electron chi connectivity index (χ0n) is 12.7. The Morgan fingerprint density at radius 2 is 2.00 bits per heavy atom. The Morgan fingerprint density at radius 3 is 2.77 bits per heavy atom. The van der Waals surface area contributed by atoms with E-state index in [2.05, 4.69) is 4.98 Å². The number of hydrogen-bond donors (Lipinski definition) is 0. The molecule has 2 aromatic heterocycles. The molecule has 1 unspecified atom stereocenters. The van der Waals surface area contributed by atoms with Gasteiger partial charge in [0, 0.05) is 28.8 Å². The first kappa shape index (κ1) is 14.8. The van der Waals surface area contributed by atoms with E-state index < -0.39 is 10.8 Å². The van der Waals surface area contributed by atoms with Crippen molar-refractivity contribution in [3.8, 4) is 5.75 Å². The van der Waals surface area contributed by atoms with E-state index in [1.165, 1.54) is 0 Å². The SMILES string of the molecule is COc1ccccc1CS(=O)Cc1cn2cccc(C)c2n1. The van der Waals surface area contributed by atoms with Crippen LogP contribution in [0.15, 0.2) is 48.8 Å². The summed E-state index contributed by atoms with van der Waals surface area (Å²) in [5, 5.41) is 0. The zero-order valence-corrected chi connectivity index (χ0v) is 13.5. The molecule has 0 saturated heterocycles.